The molecule has 0 aromatic carbocycles. The minimum Gasteiger partial charge on any atom is -0.461 e. The van der Waals surface area contributed by atoms with Crippen LogP contribution in [0.25, 0.3) is 0 Å². The maximum Gasteiger partial charge on any atom is 0.342 e. The van der Waals surface area contributed by atoms with Crippen molar-refractivity contribution in [3.63, 3.8) is 0 Å². The number of ether oxygens (including phenoxy) is 1. The van der Waals surface area contributed by atoms with Crippen molar-refractivity contribution in [1.82, 2.24) is 9.55 Å². The van der Waals surface area contributed by atoms with Gasteiger partial charge < -0.3 is 14.9 Å². The number of nitrogens with zero attached hydrogens (tertiary/aromatic N) is 3. The van der Waals surface area contributed by atoms with E-state index in [1.807, 2.05) is 0 Å². The summed E-state index contributed by atoms with van der Waals surface area (Å²) >= 11 is 0. The Hall–Kier alpha value is -1.92. The van der Waals surface area contributed by atoms with Gasteiger partial charge in [0.2, 0.25) is 0 Å². The first-order chi connectivity index (χ1) is 9.99. The molecule has 1 aliphatic rings. The molecule has 0 spiro atoms. The van der Waals surface area contributed by atoms with E-state index in [-0.39, 0.29) is 30.9 Å². The minimum atomic E-state index is -0.482. The molecule has 7 nitrogen and oxygen atoms in total. The predicted molar refractivity (Wildman–Crippen MR) is 75.7 cm³/mol. The highest BCUT2D eigenvalue weighted by atomic mass is 16.6. The Labute approximate surface area is 123 Å². The zero-order valence-corrected chi connectivity index (χ0v) is 12.4. The number of imidazole rings is 1. The second-order valence-corrected chi connectivity index (χ2v) is 5.71. The van der Waals surface area contributed by atoms with E-state index in [1.54, 1.807) is 6.92 Å². The highest BCUT2D eigenvalue weighted by Gasteiger charge is 2.26. The van der Waals surface area contributed by atoms with Crippen LogP contribution < -0.4 is 0 Å². The minimum absolute atomic E-state index is 0.0207. The quantitative estimate of drug-likeness (QED) is 0.473. The molecule has 1 aromatic rings. The van der Waals surface area contributed by atoms with Crippen LogP contribution in [0.1, 0.15) is 38.4 Å². The maximum absolute atomic E-state index is 12.0. The second kappa shape index (κ2) is 6.69. The molecule has 0 aliphatic heterocycles. The average molecular weight is 295 g/mol. The van der Waals surface area contributed by atoms with Gasteiger partial charge in [0, 0.05) is 6.92 Å². The van der Waals surface area contributed by atoms with Crippen LogP contribution in [0.2, 0.25) is 0 Å². The molecule has 116 valence electrons. The lowest BCUT2D eigenvalue weighted by Gasteiger charge is -2.24. The molecule has 1 heterocycles. The Morgan fingerprint density at radius 1 is 1.57 bits per heavy atom. The number of esters is 1. The summed E-state index contributed by atoms with van der Waals surface area (Å²) in [5.41, 5.74) is 0. The summed E-state index contributed by atoms with van der Waals surface area (Å²) in [4.78, 5) is 26.3. The predicted octanol–water partition coefficient (Wildman–Crippen LogP) is 2.47. The van der Waals surface area contributed by atoms with Gasteiger partial charge in [0.05, 0.1) is 5.92 Å². The van der Waals surface area contributed by atoms with Crippen molar-refractivity contribution in [1.29, 1.82) is 0 Å². The van der Waals surface area contributed by atoms with Gasteiger partial charge in [-0.2, -0.15) is 0 Å². The van der Waals surface area contributed by atoms with E-state index in [0.29, 0.717) is 11.7 Å². The van der Waals surface area contributed by atoms with Gasteiger partial charge in [0.25, 0.3) is 0 Å². The van der Waals surface area contributed by atoms with Gasteiger partial charge in [-0.3, -0.25) is 4.79 Å². The molecular formula is C14H21N3O4. The van der Waals surface area contributed by atoms with Crippen molar-refractivity contribution in [2.24, 2.45) is 11.8 Å². The van der Waals surface area contributed by atoms with Crippen LogP contribution in [-0.4, -0.2) is 27.1 Å². The number of carbonyl (C=O) groups excluding carboxylic acids is 1. The zero-order valence-electron chi connectivity index (χ0n) is 12.4. The van der Waals surface area contributed by atoms with Crippen molar-refractivity contribution >= 4 is 11.8 Å². The summed E-state index contributed by atoms with van der Waals surface area (Å²) in [6.45, 7) is 4.24. The van der Waals surface area contributed by atoms with E-state index in [1.165, 1.54) is 17.2 Å². The fourth-order valence-electron chi connectivity index (χ4n) is 2.88. The molecule has 0 N–H and O–H groups in total. The lowest BCUT2D eigenvalue weighted by Crippen LogP contribution is -2.25. The molecule has 2 rings (SSSR count). The van der Waals surface area contributed by atoms with Gasteiger partial charge in [0.1, 0.15) is 19.3 Å². The van der Waals surface area contributed by atoms with Crippen molar-refractivity contribution in [3.8, 4) is 0 Å². The Morgan fingerprint density at radius 2 is 2.33 bits per heavy atom. The molecule has 7 heteroatoms. The summed E-state index contributed by atoms with van der Waals surface area (Å²) in [5, 5.41) is 10.9. The Bertz CT molecular complexity index is 526. The number of aryl methyl sites for hydroxylation is 1. The van der Waals surface area contributed by atoms with Crippen LogP contribution in [0.15, 0.2) is 6.20 Å². The van der Waals surface area contributed by atoms with Crippen LogP contribution in [0.5, 0.6) is 0 Å². The van der Waals surface area contributed by atoms with E-state index in [0.717, 1.165) is 19.3 Å². The average Bonchev–Trinajstić information content (AvgIpc) is 2.80. The van der Waals surface area contributed by atoms with Crippen molar-refractivity contribution < 1.29 is 14.5 Å². The molecule has 0 saturated heterocycles. The monoisotopic (exact) mass is 295 g/mol. The molecule has 1 aromatic heterocycles. The molecular weight excluding hydrogens is 274 g/mol. The first-order valence-electron chi connectivity index (χ1n) is 7.32. The fraction of sp³-hybridized carbons (Fsp3) is 0.714. The van der Waals surface area contributed by atoms with Gasteiger partial charge in [-0.05, 0) is 23.7 Å². The van der Waals surface area contributed by atoms with Crippen molar-refractivity contribution in [2.45, 2.75) is 46.1 Å². The fourth-order valence-corrected chi connectivity index (χ4v) is 2.88. The number of hydrogen-bond donors (Lipinski definition) is 0. The summed E-state index contributed by atoms with van der Waals surface area (Å²) in [5.74, 6) is 0.835. The van der Waals surface area contributed by atoms with Gasteiger partial charge in [0.15, 0.2) is 5.82 Å². The van der Waals surface area contributed by atoms with Crippen LogP contribution in [-0.2, 0) is 16.1 Å². The summed E-state index contributed by atoms with van der Waals surface area (Å²) < 4.78 is 6.74. The van der Waals surface area contributed by atoms with Crippen LogP contribution in [0.3, 0.4) is 0 Å². The summed E-state index contributed by atoms with van der Waals surface area (Å²) in [7, 11) is 0. The Kier molecular flexibility index (Phi) is 4.93. The molecule has 1 saturated carbocycles. The number of rotatable bonds is 5. The van der Waals surface area contributed by atoms with Gasteiger partial charge in [-0.15, -0.1) is 0 Å². The van der Waals surface area contributed by atoms with Gasteiger partial charge >= 0.3 is 11.8 Å². The zero-order chi connectivity index (χ0) is 15.4. The molecule has 1 fully saturated rings. The number of carbonyl (C=O) groups is 1. The van der Waals surface area contributed by atoms with Gasteiger partial charge in [-0.1, -0.05) is 19.8 Å². The van der Waals surface area contributed by atoms with E-state index in [4.69, 9.17) is 4.74 Å². The third-order valence-corrected chi connectivity index (χ3v) is 4.05. The largest absolute Gasteiger partial charge is 0.461 e. The first kappa shape index (κ1) is 15.5. The maximum atomic E-state index is 12.0. The Balaban J connectivity index is 1.85. The molecule has 0 amide bonds. The lowest BCUT2D eigenvalue weighted by molar-refractivity contribution is -0.392. The number of aromatic nitrogens is 2. The van der Waals surface area contributed by atoms with Crippen LogP contribution in [0.4, 0.5) is 5.82 Å². The van der Waals surface area contributed by atoms with Crippen molar-refractivity contribution in [2.75, 3.05) is 6.61 Å². The van der Waals surface area contributed by atoms with E-state index >= 15 is 0 Å². The van der Waals surface area contributed by atoms with E-state index in [2.05, 4.69) is 11.9 Å². The smallest absolute Gasteiger partial charge is 0.342 e. The summed E-state index contributed by atoms with van der Waals surface area (Å²) in [6.07, 6.45) is 5.22. The highest BCUT2D eigenvalue weighted by Crippen LogP contribution is 2.29. The molecule has 0 unspecified atom stereocenters. The third-order valence-electron chi connectivity index (χ3n) is 4.05. The van der Waals surface area contributed by atoms with E-state index < -0.39 is 4.92 Å². The Morgan fingerprint density at radius 3 is 3.00 bits per heavy atom. The normalized spacial score (nSPS) is 22.0. The summed E-state index contributed by atoms with van der Waals surface area (Å²) in [6, 6.07) is 0. The van der Waals surface area contributed by atoms with Gasteiger partial charge in [-0.25, -0.2) is 9.55 Å². The topological polar surface area (TPSA) is 87.3 Å². The third kappa shape index (κ3) is 3.80. The molecule has 0 radical (unpaired) electrons. The SMILES string of the molecule is Cc1ncc([N+](=O)[O-])n1CCOC(=O)[C@H]1CCC[C@@H](C)C1. The first-order valence-corrected chi connectivity index (χ1v) is 7.32. The molecule has 0 bridgehead atoms. The van der Waals surface area contributed by atoms with E-state index in [9.17, 15) is 14.9 Å². The highest BCUT2D eigenvalue weighted by molar-refractivity contribution is 5.72. The number of nitro groups is 1. The molecule has 21 heavy (non-hydrogen) atoms. The van der Waals surface area contributed by atoms with Crippen LogP contribution in [0, 0.1) is 28.9 Å². The molecule has 2 atom stereocenters. The lowest BCUT2D eigenvalue weighted by atomic mass is 9.82. The van der Waals surface area contributed by atoms with Crippen LogP contribution >= 0.6 is 0 Å². The molecule has 1 aliphatic carbocycles. The second-order valence-electron chi connectivity index (χ2n) is 5.71. The van der Waals surface area contributed by atoms with Crippen molar-refractivity contribution in [3.05, 3.63) is 22.1 Å². The number of hydrogen-bond acceptors (Lipinski definition) is 5. The standard InChI is InChI=1S/C14H21N3O4/c1-10-4-3-5-12(8-10)14(18)21-7-6-16-11(2)15-9-13(16)17(19)20/h9-10,12H,3-8H2,1-2H3/t10-,12+/m1/s1.